The first-order chi connectivity index (χ1) is 17.1. The van der Waals surface area contributed by atoms with Gasteiger partial charge in [-0.3, -0.25) is 4.99 Å². The average Bonchev–Trinajstić information content (AvgIpc) is 3.19. The lowest BCUT2D eigenvalue weighted by Gasteiger charge is -2.19. The second-order valence-electron chi connectivity index (χ2n) is 9.25. The Labute approximate surface area is 212 Å². The van der Waals surface area contributed by atoms with Gasteiger partial charge in [-0.05, 0) is 94.4 Å². The molecule has 7 heteroatoms. The summed E-state index contributed by atoms with van der Waals surface area (Å²) in [6.07, 6.45) is -0.106. The topological polar surface area (TPSA) is 42.2 Å². The molecule has 1 atom stereocenters. The highest BCUT2D eigenvalue weighted by Crippen LogP contribution is 2.36. The summed E-state index contributed by atoms with van der Waals surface area (Å²) in [5.41, 5.74) is 6.54. The highest BCUT2D eigenvalue weighted by Gasteiger charge is 2.30. The number of aromatic nitrogens is 2. The Bertz CT molecular complexity index is 1220. The molecule has 0 aliphatic carbocycles. The minimum absolute atomic E-state index is 0.129. The number of benzene rings is 2. The number of imidazole rings is 1. The summed E-state index contributed by atoms with van der Waals surface area (Å²) >= 11 is 0. The third-order valence-corrected chi connectivity index (χ3v) is 6.93. The maximum atomic E-state index is 13.0. The number of allylic oxidation sites excluding steroid dienone is 2. The van der Waals surface area contributed by atoms with Crippen molar-refractivity contribution in [2.75, 3.05) is 13.6 Å². The zero-order valence-corrected chi connectivity index (χ0v) is 21.7. The van der Waals surface area contributed by atoms with E-state index in [2.05, 4.69) is 52.6 Å². The number of aliphatic imine (C=N–C) groups is 1. The second kappa shape index (κ2) is 11.7. The predicted octanol–water partition coefficient (Wildman–Crippen LogP) is 7.25. The predicted molar refractivity (Wildman–Crippen MR) is 142 cm³/mol. The Kier molecular flexibility index (Phi) is 8.90. The van der Waals surface area contributed by atoms with Crippen LogP contribution in [0.15, 0.2) is 59.2 Å². The first-order valence-electron chi connectivity index (χ1n) is 12.2. The third kappa shape index (κ3) is 6.32. The maximum Gasteiger partial charge on any atom is 0.416 e. The van der Waals surface area contributed by atoms with Crippen molar-refractivity contribution in [3.05, 3.63) is 88.0 Å². The lowest BCUT2D eigenvalue weighted by atomic mass is 9.89. The average molecular weight is 497 g/mol. The van der Waals surface area contributed by atoms with Gasteiger partial charge in [-0.25, -0.2) is 4.98 Å². The van der Waals surface area contributed by atoms with Crippen molar-refractivity contribution in [2.24, 2.45) is 12.0 Å². The highest BCUT2D eigenvalue weighted by molar-refractivity contribution is 5.77. The van der Waals surface area contributed by atoms with Crippen LogP contribution < -0.4 is 5.32 Å². The van der Waals surface area contributed by atoms with Crippen molar-refractivity contribution >= 4 is 18.0 Å². The molecule has 0 bridgehead atoms. The van der Waals surface area contributed by atoms with Crippen LogP contribution in [0.2, 0.25) is 0 Å². The molecule has 3 rings (SSSR count). The van der Waals surface area contributed by atoms with E-state index in [1.165, 1.54) is 5.57 Å². The molecule has 3 aromatic rings. The molecule has 0 saturated heterocycles. The Balaban J connectivity index is 2.02. The quantitative estimate of drug-likeness (QED) is 0.237. The Morgan fingerprint density at radius 1 is 1.17 bits per heavy atom. The fraction of sp³-hybridized carbons (Fsp3) is 0.379. The second-order valence-corrected chi connectivity index (χ2v) is 9.25. The number of aryl methyl sites for hydroxylation is 1. The summed E-state index contributed by atoms with van der Waals surface area (Å²) in [5.74, 6) is 1.09. The van der Waals surface area contributed by atoms with Gasteiger partial charge in [0.25, 0.3) is 0 Å². The van der Waals surface area contributed by atoms with Gasteiger partial charge in [-0.1, -0.05) is 30.7 Å². The number of rotatable bonds is 10. The fourth-order valence-electron chi connectivity index (χ4n) is 4.49. The number of hydrogen-bond donors (Lipinski definition) is 1. The smallest absolute Gasteiger partial charge is 0.335 e. The minimum atomic E-state index is -4.34. The normalized spacial score (nSPS) is 13.4. The number of hydrogen-bond acceptors (Lipinski definition) is 3. The lowest BCUT2D eigenvalue weighted by molar-refractivity contribution is -0.137. The summed E-state index contributed by atoms with van der Waals surface area (Å²) in [4.78, 5) is 8.71. The van der Waals surface area contributed by atoms with Crippen molar-refractivity contribution in [3.8, 4) is 0 Å². The van der Waals surface area contributed by atoms with Crippen molar-refractivity contribution in [3.63, 3.8) is 0 Å². The molecule has 192 valence electrons. The molecular formula is C29H35F3N4. The Morgan fingerprint density at radius 3 is 2.42 bits per heavy atom. The molecule has 0 fully saturated rings. The Hall–Kier alpha value is -3.19. The standard InChI is InChI=1S/C29H35F3N4/c1-19(23(8-7-15-33-4)16-22-9-12-25(13-10-22)29(30,31)32)26-17-24(11-14-27(26)34-5)20(2)28-18-35-21(3)36(28)6/h9-14,17-18,20,33H,5,7-8,15-16H2,1-4,6H3/b23-19+. The number of nitrogens with zero attached hydrogens (tertiary/aromatic N) is 3. The number of alkyl halides is 3. The molecule has 1 N–H and O–H groups in total. The number of halogens is 3. The van der Waals surface area contributed by atoms with Crippen LogP contribution in [0.25, 0.3) is 5.57 Å². The molecule has 2 aromatic carbocycles. The van der Waals surface area contributed by atoms with Crippen LogP contribution >= 0.6 is 0 Å². The van der Waals surface area contributed by atoms with Gasteiger partial charge in [0.2, 0.25) is 0 Å². The first-order valence-corrected chi connectivity index (χ1v) is 12.2. The largest absolute Gasteiger partial charge is 0.416 e. The summed E-state index contributed by atoms with van der Waals surface area (Å²) in [6, 6.07) is 11.7. The minimum Gasteiger partial charge on any atom is -0.335 e. The van der Waals surface area contributed by atoms with Gasteiger partial charge in [-0.15, -0.1) is 0 Å². The molecule has 1 unspecified atom stereocenters. The van der Waals surface area contributed by atoms with Gasteiger partial charge < -0.3 is 9.88 Å². The van der Waals surface area contributed by atoms with Gasteiger partial charge in [0.1, 0.15) is 5.82 Å². The van der Waals surface area contributed by atoms with Crippen LogP contribution in [0.3, 0.4) is 0 Å². The maximum absolute atomic E-state index is 13.0. The molecule has 0 spiro atoms. The lowest BCUT2D eigenvalue weighted by Crippen LogP contribution is -2.09. The molecule has 1 heterocycles. The van der Waals surface area contributed by atoms with E-state index in [-0.39, 0.29) is 5.92 Å². The summed E-state index contributed by atoms with van der Waals surface area (Å²) in [5, 5.41) is 3.18. The van der Waals surface area contributed by atoms with Gasteiger partial charge in [-0.2, -0.15) is 13.2 Å². The zero-order chi connectivity index (χ0) is 26.5. The van der Waals surface area contributed by atoms with Crippen molar-refractivity contribution in [1.29, 1.82) is 0 Å². The van der Waals surface area contributed by atoms with E-state index < -0.39 is 11.7 Å². The van der Waals surface area contributed by atoms with E-state index in [1.54, 1.807) is 12.1 Å². The van der Waals surface area contributed by atoms with E-state index in [0.29, 0.717) is 6.42 Å². The SMILES string of the molecule is C=Nc1ccc(C(C)c2cnc(C)n2C)cc1/C(C)=C(\CCCNC)Cc1ccc(C(F)(F)F)cc1. The zero-order valence-electron chi connectivity index (χ0n) is 21.7. The molecular weight excluding hydrogens is 461 g/mol. The highest BCUT2D eigenvalue weighted by atomic mass is 19.4. The Morgan fingerprint density at radius 2 is 1.86 bits per heavy atom. The van der Waals surface area contributed by atoms with E-state index in [1.807, 2.05) is 33.3 Å². The fourth-order valence-corrected chi connectivity index (χ4v) is 4.49. The van der Waals surface area contributed by atoms with Crippen molar-refractivity contribution < 1.29 is 13.2 Å². The molecule has 0 aliphatic heterocycles. The molecule has 36 heavy (non-hydrogen) atoms. The molecule has 0 saturated carbocycles. The van der Waals surface area contributed by atoms with Gasteiger partial charge in [0.15, 0.2) is 0 Å². The van der Waals surface area contributed by atoms with Crippen molar-refractivity contribution in [1.82, 2.24) is 14.9 Å². The first kappa shape index (κ1) is 27.4. The molecule has 0 aliphatic rings. The molecule has 0 radical (unpaired) electrons. The van der Waals surface area contributed by atoms with Gasteiger partial charge >= 0.3 is 6.18 Å². The van der Waals surface area contributed by atoms with Crippen LogP contribution in [-0.2, 0) is 19.6 Å². The monoisotopic (exact) mass is 496 g/mol. The van der Waals surface area contributed by atoms with E-state index in [0.717, 1.165) is 71.0 Å². The van der Waals surface area contributed by atoms with Crippen molar-refractivity contribution in [2.45, 2.75) is 52.1 Å². The van der Waals surface area contributed by atoms with Crippen LogP contribution in [0.4, 0.5) is 18.9 Å². The van der Waals surface area contributed by atoms with E-state index in [9.17, 15) is 13.2 Å². The number of nitrogens with one attached hydrogen (secondary N) is 1. The van der Waals surface area contributed by atoms with Crippen LogP contribution in [0.1, 0.15) is 66.4 Å². The van der Waals surface area contributed by atoms with Gasteiger partial charge in [0.05, 0.1) is 11.3 Å². The summed E-state index contributed by atoms with van der Waals surface area (Å²) in [7, 11) is 3.93. The van der Waals surface area contributed by atoms with Gasteiger partial charge in [0, 0.05) is 30.4 Å². The molecule has 0 amide bonds. The van der Waals surface area contributed by atoms with Crippen LogP contribution in [-0.4, -0.2) is 29.9 Å². The molecule has 4 nitrogen and oxygen atoms in total. The third-order valence-electron chi connectivity index (χ3n) is 6.93. The van der Waals surface area contributed by atoms with E-state index >= 15 is 0 Å². The summed E-state index contributed by atoms with van der Waals surface area (Å²) < 4.78 is 41.2. The van der Waals surface area contributed by atoms with E-state index in [4.69, 9.17) is 0 Å². The van der Waals surface area contributed by atoms with Crippen LogP contribution in [0, 0.1) is 6.92 Å². The summed E-state index contributed by atoms with van der Waals surface area (Å²) in [6.45, 7) is 10.8. The van der Waals surface area contributed by atoms with Crippen LogP contribution in [0.5, 0.6) is 0 Å². The molecule has 1 aromatic heterocycles.